The zero-order valence-electron chi connectivity index (χ0n) is 55.2. The highest BCUT2D eigenvalue weighted by molar-refractivity contribution is 5.66. The van der Waals surface area contributed by atoms with Crippen LogP contribution >= 0.6 is 0 Å². The first kappa shape index (κ1) is 68.1. The maximum Gasteiger partial charge on any atom is 0.269 e. The fraction of sp³-hybridized carbons (Fsp3) is 0.105. The molecule has 0 amide bonds. The number of aromatic hydroxyl groups is 2. The number of ether oxygens (including phenoxy) is 2. The largest absolute Gasteiger partial charge is 0.507 e. The normalized spacial score (nSPS) is 12.1. The van der Waals surface area contributed by atoms with Gasteiger partial charge in [0.1, 0.15) is 36.2 Å². The topological polar surface area (TPSA) is 382 Å². The molecule has 104 heavy (non-hydrogen) atoms. The molecule has 0 aliphatic heterocycles. The van der Waals surface area contributed by atoms with Gasteiger partial charge in [-0.3, -0.25) is 50.4 Å². The average Bonchev–Trinajstić information content (AvgIpc) is 0.775. The molecule has 0 saturated carbocycles. The molecular weight excluding hydrogens is 1330 g/mol. The molecule has 4 heterocycles. The third kappa shape index (κ3) is 16.5. The first-order chi connectivity index (χ1) is 50.4. The number of rotatable bonds is 20. The minimum atomic E-state index is -0.532. The van der Waals surface area contributed by atoms with Gasteiger partial charge in [-0.15, -0.1) is 0 Å². The number of phenols is 2. The van der Waals surface area contributed by atoms with Crippen LogP contribution in [-0.2, 0) is 38.9 Å². The summed E-state index contributed by atoms with van der Waals surface area (Å²) in [5.41, 5.74) is 9.14. The Balaban J connectivity index is 1.04. The van der Waals surface area contributed by atoms with E-state index in [1.54, 1.807) is 60.7 Å². The molecule has 1 aliphatic carbocycles. The summed E-state index contributed by atoms with van der Waals surface area (Å²) >= 11 is 0. The number of hydrogen-bond donors (Lipinski definition) is 2. The number of phenolic OH excluding ortho intramolecular Hbond substituents is 2. The van der Waals surface area contributed by atoms with E-state index in [2.05, 4.69) is 40.9 Å². The maximum absolute atomic E-state index is 13.1. The Morgan fingerprint density at radius 1 is 0.317 bits per heavy atom. The van der Waals surface area contributed by atoms with E-state index in [4.69, 9.17) is 29.4 Å². The van der Waals surface area contributed by atoms with Crippen LogP contribution in [-0.4, -0.2) is 49.8 Å². The number of aromatic nitrogens is 4. The van der Waals surface area contributed by atoms with E-state index in [1.807, 2.05) is 74.5 Å². The second-order valence-corrected chi connectivity index (χ2v) is 23.9. The monoisotopic (exact) mass is 1380 g/mol. The van der Waals surface area contributed by atoms with Crippen LogP contribution in [0, 0.1) is 54.3 Å². The highest BCUT2D eigenvalue weighted by atomic mass is 16.6. The highest BCUT2D eigenvalue weighted by Gasteiger charge is 2.25. The summed E-state index contributed by atoms with van der Waals surface area (Å²) in [6, 6.07) is 57.4. The predicted octanol–water partition coefficient (Wildman–Crippen LogP) is 19.8. The lowest BCUT2D eigenvalue weighted by Gasteiger charge is -2.22. The number of nitro groups is 4. The van der Waals surface area contributed by atoms with E-state index in [1.165, 1.54) is 97.1 Å². The lowest BCUT2D eigenvalue weighted by atomic mass is 9.90. The van der Waals surface area contributed by atoms with Crippen LogP contribution in [0.3, 0.4) is 0 Å². The van der Waals surface area contributed by atoms with Crippen LogP contribution in [0.4, 0.5) is 68.2 Å². The van der Waals surface area contributed by atoms with Gasteiger partial charge >= 0.3 is 0 Å². The minimum Gasteiger partial charge on any atom is -0.507 e. The van der Waals surface area contributed by atoms with Crippen LogP contribution < -0.4 is 9.47 Å². The van der Waals surface area contributed by atoms with Crippen molar-refractivity contribution in [3.05, 3.63) is 326 Å². The fourth-order valence-corrected chi connectivity index (χ4v) is 11.5. The van der Waals surface area contributed by atoms with E-state index in [0.29, 0.717) is 56.4 Å². The molecule has 8 aromatic carbocycles. The van der Waals surface area contributed by atoms with E-state index in [9.17, 15) is 50.7 Å². The number of hydrogen-bond acceptors (Lipinski definition) is 24. The number of aryl methyl sites for hydroxylation is 2. The van der Waals surface area contributed by atoms with Crippen LogP contribution in [0.2, 0.25) is 0 Å². The smallest absolute Gasteiger partial charge is 0.269 e. The summed E-state index contributed by atoms with van der Waals surface area (Å²) in [4.78, 5) is 64.0. The van der Waals surface area contributed by atoms with Gasteiger partial charge in [0.2, 0.25) is 0 Å². The van der Waals surface area contributed by atoms with E-state index in [-0.39, 0.29) is 152 Å². The molecule has 1 aliphatic rings. The summed E-state index contributed by atoms with van der Waals surface area (Å²) in [5, 5.41) is 110. The summed E-state index contributed by atoms with van der Waals surface area (Å²) < 4.78 is 14.0. The van der Waals surface area contributed by atoms with E-state index < -0.39 is 19.7 Å². The molecule has 12 aromatic rings. The second-order valence-electron chi connectivity index (χ2n) is 23.9. The number of nitrogens with zero attached hydrogens (tertiary/aromatic N) is 16. The summed E-state index contributed by atoms with van der Waals surface area (Å²) in [6.45, 7) is 3.50. The number of nitro benzene ring substituents is 4. The fourth-order valence-electron chi connectivity index (χ4n) is 11.5. The van der Waals surface area contributed by atoms with E-state index in [0.717, 1.165) is 11.4 Å². The zero-order valence-corrected chi connectivity index (χ0v) is 55.2. The van der Waals surface area contributed by atoms with Crippen LogP contribution in [0.5, 0.6) is 23.0 Å². The number of azo groups is 4. The first-order valence-electron chi connectivity index (χ1n) is 32.1. The molecule has 28 nitrogen and oxygen atoms in total. The molecule has 512 valence electrons. The SMILES string of the molecule is Cc1cccc(-c2cccc(COc3c4cc(N=Nc5ccc([N+](=O)[O-])cc5)cc3Cc3cc(N=Nc5ccc([N+](=O)[O-])cc5)cc(c3O)Cc3cc(N=Nc5ccc([N+](=O)[O-])cc5)cc(c3OCc3cccc(-c5cccc(C)n5)n3)Cc3cc(N=Nc5ccc([N+](=O)[O-])cc5)cc(c3O)C4)n2)n1. The van der Waals surface area contributed by atoms with Crippen molar-refractivity contribution < 1.29 is 39.4 Å². The Labute approximate surface area is 590 Å². The van der Waals surface area contributed by atoms with Crippen molar-refractivity contribution in [2.45, 2.75) is 52.7 Å². The van der Waals surface area contributed by atoms with Crippen molar-refractivity contribution in [3.63, 3.8) is 0 Å². The number of non-ortho nitro benzene ring substituents is 4. The third-order valence-electron chi connectivity index (χ3n) is 16.5. The van der Waals surface area contributed by atoms with Gasteiger partial charge in [0.25, 0.3) is 22.7 Å². The highest BCUT2D eigenvalue weighted by Crippen LogP contribution is 2.45. The molecule has 2 N–H and O–H groups in total. The quantitative estimate of drug-likeness (QED) is 0.0406. The van der Waals surface area contributed by atoms with Crippen molar-refractivity contribution in [1.82, 2.24) is 19.9 Å². The van der Waals surface area contributed by atoms with Gasteiger partial charge in [-0.1, -0.05) is 24.3 Å². The third-order valence-corrected chi connectivity index (χ3v) is 16.5. The number of fused-ring (bicyclic) bond motifs is 8. The summed E-state index contributed by atoms with van der Waals surface area (Å²) in [6.07, 6.45) is -0.555. The molecule has 0 unspecified atom stereocenters. The van der Waals surface area contributed by atoms with Crippen molar-refractivity contribution in [2.24, 2.45) is 40.9 Å². The van der Waals surface area contributed by atoms with Gasteiger partial charge in [-0.05, 0) is 159 Å². The number of pyridine rings is 4. The van der Waals surface area contributed by atoms with Crippen molar-refractivity contribution in [3.8, 4) is 45.8 Å². The van der Waals surface area contributed by atoms with Gasteiger partial charge in [-0.2, -0.15) is 40.9 Å². The predicted molar refractivity (Wildman–Crippen MR) is 382 cm³/mol. The molecular formula is C76H56N16O12. The van der Waals surface area contributed by atoms with Gasteiger partial charge in [0, 0.05) is 130 Å². The molecule has 13 rings (SSSR count). The Hall–Kier alpha value is -14.4. The Morgan fingerprint density at radius 2 is 0.548 bits per heavy atom. The van der Waals surface area contributed by atoms with Crippen LogP contribution in [0.1, 0.15) is 67.3 Å². The lowest BCUT2D eigenvalue weighted by molar-refractivity contribution is -0.385. The molecule has 0 saturated heterocycles. The van der Waals surface area contributed by atoms with Crippen molar-refractivity contribution in [1.29, 1.82) is 0 Å². The van der Waals surface area contributed by atoms with Gasteiger partial charge in [-0.25, -0.2) is 9.97 Å². The molecule has 0 fully saturated rings. The summed E-state index contributed by atoms with van der Waals surface area (Å²) in [7, 11) is 0. The summed E-state index contributed by atoms with van der Waals surface area (Å²) in [5.74, 6) is 0.135. The zero-order chi connectivity index (χ0) is 72.4. The van der Waals surface area contributed by atoms with E-state index >= 15 is 0 Å². The maximum atomic E-state index is 13.1. The standard InChI is InChI=1S/C76H56N16O12/c1-45-7-3-11-69(77-45)71-13-5-9-59(79-71)43-103-75-51-31-47-35-61(85-81-55-15-23-65(24-16-55)89(95)96)37-49(73(47)93)33-53-41-64(88-84-58-21-29-68(30-22-58)92(101)102)42-54(76(53)104-44-60-10-6-14-72(80-60)70-12-4-8-46(2)78-70)34-50-38-62(86-82-56-17-25-66(26-18-56)90(97)98)36-48(74(50)94)32-52(75)40-63(39-51)87-83-57-19-27-67(28-20-57)91(99)100/h3-30,35-42,93-94H,31-34,43-44H2,1-2H3. The van der Waals surface area contributed by atoms with Gasteiger partial charge in [0.15, 0.2) is 0 Å². The first-order valence-corrected chi connectivity index (χ1v) is 32.1. The minimum absolute atomic E-state index is 0.130. The molecule has 0 atom stereocenters. The molecule has 28 heteroatoms. The second kappa shape index (κ2) is 30.4. The molecule has 0 radical (unpaired) electrons. The Morgan fingerprint density at radius 3 is 0.798 bits per heavy atom. The van der Waals surface area contributed by atoms with Crippen LogP contribution in [0.15, 0.2) is 259 Å². The van der Waals surface area contributed by atoms with Gasteiger partial charge in [0.05, 0.1) is 99.4 Å². The Kier molecular flexibility index (Phi) is 19.9. The average molecular weight is 1390 g/mol. The van der Waals surface area contributed by atoms with Crippen LogP contribution in [0.25, 0.3) is 22.8 Å². The molecule has 4 aromatic heterocycles. The Bertz CT molecular complexity index is 5030. The van der Waals surface area contributed by atoms with Crippen molar-refractivity contribution in [2.75, 3.05) is 0 Å². The van der Waals surface area contributed by atoms with Crippen molar-refractivity contribution >= 4 is 68.2 Å². The molecule has 8 bridgehead atoms. The molecule has 0 spiro atoms. The number of benzene rings is 8. The lowest BCUT2D eigenvalue weighted by Crippen LogP contribution is -2.08. The van der Waals surface area contributed by atoms with Gasteiger partial charge < -0.3 is 19.7 Å².